The molecular formula is C21H15Cl2NO. The van der Waals surface area contributed by atoms with Crippen LogP contribution in [0.25, 0.3) is 0 Å². The van der Waals surface area contributed by atoms with E-state index in [0.29, 0.717) is 10.0 Å². The summed E-state index contributed by atoms with van der Waals surface area (Å²) in [7, 11) is 1.71. The highest BCUT2D eigenvalue weighted by atomic mass is 35.5. The minimum absolute atomic E-state index is 0.686. The average molecular weight is 368 g/mol. The molecule has 2 nitrogen and oxygen atoms in total. The molecule has 0 spiro atoms. The number of hydrogen-bond acceptors (Lipinski definition) is 2. The van der Waals surface area contributed by atoms with Crippen LogP contribution in [0.5, 0.6) is 0 Å². The van der Waals surface area contributed by atoms with Crippen LogP contribution in [0, 0.1) is 0 Å². The largest absolute Gasteiger partial charge is 0.362 e. The van der Waals surface area contributed by atoms with Crippen LogP contribution >= 0.6 is 23.2 Å². The molecule has 1 unspecified atom stereocenters. The van der Waals surface area contributed by atoms with Crippen molar-refractivity contribution in [3.63, 3.8) is 0 Å². The van der Waals surface area contributed by atoms with Crippen molar-refractivity contribution >= 4 is 34.6 Å². The Hall–Kier alpha value is -2.13. The molecule has 1 aliphatic heterocycles. The van der Waals surface area contributed by atoms with Crippen molar-refractivity contribution < 1.29 is 4.74 Å². The number of benzene rings is 3. The molecule has 1 aliphatic rings. The minimum atomic E-state index is -0.783. The highest BCUT2D eigenvalue weighted by Gasteiger charge is 2.46. The molecule has 0 aromatic heterocycles. The molecule has 25 heavy (non-hydrogen) atoms. The average Bonchev–Trinajstić information content (AvgIpc) is 2.98. The molecule has 124 valence electrons. The smallest absolute Gasteiger partial charge is 0.162 e. The van der Waals surface area contributed by atoms with Gasteiger partial charge in [0.25, 0.3) is 0 Å². The Morgan fingerprint density at radius 1 is 0.800 bits per heavy atom. The molecule has 0 radical (unpaired) electrons. The van der Waals surface area contributed by atoms with Gasteiger partial charge in [0.05, 0.1) is 11.4 Å². The molecule has 0 bridgehead atoms. The first-order valence-electron chi connectivity index (χ1n) is 7.91. The first kappa shape index (κ1) is 16.3. The van der Waals surface area contributed by atoms with Gasteiger partial charge in [-0.3, -0.25) is 0 Å². The monoisotopic (exact) mass is 367 g/mol. The summed E-state index contributed by atoms with van der Waals surface area (Å²) in [5.41, 5.74) is 3.94. The molecule has 4 heteroatoms. The topological polar surface area (TPSA) is 21.6 Å². The quantitative estimate of drug-likeness (QED) is 0.554. The van der Waals surface area contributed by atoms with Gasteiger partial charge in [-0.05, 0) is 41.5 Å². The normalized spacial score (nSPS) is 18.8. The molecule has 0 N–H and O–H groups in total. The molecule has 3 aromatic carbocycles. The maximum Gasteiger partial charge on any atom is 0.162 e. The van der Waals surface area contributed by atoms with Crippen LogP contribution in [-0.4, -0.2) is 12.8 Å². The van der Waals surface area contributed by atoms with E-state index < -0.39 is 5.60 Å². The number of methoxy groups -OCH3 is 1. The van der Waals surface area contributed by atoms with Gasteiger partial charge in [0.15, 0.2) is 5.60 Å². The van der Waals surface area contributed by atoms with Crippen molar-refractivity contribution in [3.05, 3.63) is 99.5 Å². The van der Waals surface area contributed by atoms with Crippen LogP contribution in [0.1, 0.15) is 16.7 Å². The molecule has 0 aliphatic carbocycles. The lowest BCUT2D eigenvalue weighted by molar-refractivity contribution is 0.0868. The van der Waals surface area contributed by atoms with E-state index in [1.54, 1.807) is 7.11 Å². The predicted octanol–water partition coefficient (Wildman–Crippen LogP) is 6.02. The molecule has 0 saturated carbocycles. The molecule has 0 saturated heterocycles. The van der Waals surface area contributed by atoms with Crippen molar-refractivity contribution in [2.75, 3.05) is 7.11 Å². The van der Waals surface area contributed by atoms with Crippen molar-refractivity contribution in [1.82, 2.24) is 0 Å². The highest BCUT2D eigenvalue weighted by molar-refractivity contribution is 6.31. The summed E-state index contributed by atoms with van der Waals surface area (Å²) in [4.78, 5) is 4.89. The molecule has 1 atom stereocenters. The molecule has 4 rings (SSSR count). The van der Waals surface area contributed by atoms with Gasteiger partial charge in [-0.2, -0.15) is 0 Å². The van der Waals surface area contributed by atoms with Crippen LogP contribution in [0.2, 0.25) is 10.0 Å². The van der Waals surface area contributed by atoms with E-state index in [1.807, 2.05) is 66.7 Å². The van der Waals surface area contributed by atoms with E-state index in [0.717, 1.165) is 28.1 Å². The number of ether oxygens (including phenoxy) is 1. The maximum absolute atomic E-state index is 6.14. The number of para-hydroxylation sites is 1. The highest BCUT2D eigenvalue weighted by Crippen LogP contribution is 2.47. The van der Waals surface area contributed by atoms with Gasteiger partial charge in [0.2, 0.25) is 0 Å². The Morgan fingerprint density at radius 3 is 2.04 bits per heavy atom. The number of fused-ring (bicyclic) bond motifs is 1. The van der Waals surface area contributed by atoms with Gasteiger partial charge in [0.1, 0.15) is 0 Å². The van der Waals surface area contributed by atoms with Crippen molar-refractivity contribution in [2.45, 2.75) is 5.60 Å². The molecule has 3 aromatic rings. The summed E-state index contributed by atoms with van der Waals surface area (Å²) in [6.07, 6.45) is 0. The zero-order valence-electron chi connectivity index (χ0n) is 13.5. The van der Waals surface area contributed by atoms with Gasteiger partial charge in [-0.15, -0.1) is 0 Å². The maximum atomic E-state index is 6.14. The van der Waals surface area contributed by atoms with Crippen LogP contribution in [0.15, 0.2) is 77.8 Å². The molecule has 0 amide bonds. The molecular weight excluding hydrogens is 353 g/mol. The SMILES string of the molecule is COC1(c2ccc(Cl)cc2)C(c2ccc(Cl)cc2)=Nc2ccccc21. The number of nitrogens with zero attached hydrogens (tertiary/aromatic N) is 1. The lowest BCUT2D eigenvalue weighted by atomic mass is 9.81. The fourth-order valence-electron chi connectivity index (χ4n) is 3.37. The Balaban J connectivity index is 1.98. The number of aliphatic imine (C=N–C) groups is 1. The first-order chi connectivity index (χ1) is 12.1. The van der Waals surface area contributed by atoms with Crippen LogP contribution in [0.3, 0.4) is 0 Å². The summed E-state index contributed by atoms with van der Waals surface area (Å²) in [6.45, 7) is 0. The number of rotatable bonds is 3. The van der Waals surface area contributed by atoms with Crippen LogP contribution < -0.4 is 0 Å². The van der Waals surface area contributed by atoms with Gasteiger partial charge in [-0.1, -0.05) is 65.7 Å². The molecule has 0 fully saturated rings. The Labute approximate surface area is 156 Å². The Kier molecular flexibility index (Phi) is 4.12. The van der Waals surface area contributed by atoms with E-state index in [4.69, 9.17) is 32.9 Å². The third-order valence-electron chi connectivity index (χ3n) is 4.52. The minimum Gasteiger partial charge on any atom is -0.362 e. The number of halogens is 2. The lowest BCUT2D eigenvalue weighted by Crippen LogP contribution is -2.37. The van der Waals surface area contributed by atoms with Crippen molar-refractivity contribution in [1.29, 1.82) is 0 Å². The second-order valence-electron chi connectivity index (χ2n) is 5.88. The predicted molar refractivity (Wildman–Crippen MR) is 103 cm³/mol. The van der Waals surface area contributed by atoms with Crippen molar-refractivity contribution in [2.24, 2.45) is 4.99 Å². The van der Waals surface area contributed by atoms with E-state index in [9.17, 15) is 0 Å². The van der Waals surface area contributed by atoms with Crippen LogP contribution in [-0.2, 0) is 10.3 Å². The zero-order chi connectivity index (χ0) is 17.4. The van der Waals surface area contributed by atoms with Crippen molar-refractivity contribution in [3.8, 4) is 0 Å². The van der Waals surface area contributed by atoms with Gasteiger partial charge in [0, 0.05) is 22.7 Å². The van der Waals surface area contributed by atoms with E-state index >= 15 is 0 Å². The third kappa shape index (κ3) is 2.58. The van der Waals surface area contributed by atoms with Gasteiger partial charge >= 0.3 is 0 Å². The van der Waals surface area contributed by atoms with Crippen LogP contribution in [0.4, 0.5) is 5.69 Å². The summed E-state index contributed by atoms with van der Waals surface area (Å²) in [5.74, 6) is 0. The first-order valence-corrected chi connectivity index (χ1v) is 8.66. The summed E-state index contributed by atoms with van der Waals surface area (Å²) in [6, 6.07) is 23.4. The Morgan fingerprint density at radius 2 is 1.40 bits per heavy atom. The lowest BCUT2D eigenvalue weighted by Gasteiger charge is -2.31. The summed E-state index contributed by atoms with van der Waals surface area (Å²) in [5, 5.41) is 1.38. The Bertz CT molecular complexity index is 948. The fraction of sp³-hybridized carbons (Fsp3) is 0.0952. The second-order valence-corrected chi connectivity index (χ2v) is 6.75. The van der Waals surface area contributed by atoms with E-state index in [1.165, 1.54) is 0 Å². The van der Waals surface area contributed by atoms with Gasteiger partial charge in [-0.25, -0.2) is 4.99 Å². The molecule has 1 heterocycles. The third-order valence-corrected chi connectivity index (χ3v) is 5.03. The van der Waals surface area contributed by atoms with E-state index in [2.05, 4.69) is 6.07 Å². The summed E-state index contributed by atoms with van der Waals surface area (Å²) >= 11 is 12.2. The summed E-state index contributed by atoms with van der Waals surface area (Å²) < 4.78 is 6.14. The zero-order valence-corrected chi connectivity index (χ0v) is 15.1. The number of hydrogen-bond donors (Lipinski definition) is 0. The fourth-order valence-corrected chi connectivity index (χ4v) is 3.62. The second kappa shape index (κ2) is 6.30. The van der Waals surface area contributed by atoms with Gasteiger partial charge < -0.3 is 4.74 Å². The van der Waals surface area contributed by atoms with E-state index in [-0.39, 0.29) is 0 Å². The standard InChI is InChI=1S/C21H15Cl2NO/c1-25-21(15-8-12-17(23)13-9-15)18-4-2-3-5-19(18)24-20(21)14-6-10-16(22)11-7-14/h2-13H,1H3.